The average Bonchev–Trinajstić information content (AvgIpc) is 3.88. The van der Waals surface area contributed by atoms with Crippen molar-refractivity contribution in [3.63, 3.8) is 0 Å². The Balaban J connectivity index is 1.13. The van der Waals surface area contributed by atoms with Gasteiger partial charge in [0.15, 0.2) is 0 Å². The number of benzene rings is 11. The number of para-hydroxylation sites is 2. The second kappa shape index (κ2) is 14.3. The molecular weight excluding hydrogens is 801 g/mol. The lowest BCUT2D eigenvalue weighted by Crippen LogP contribution is -1.99. The van der Waals surface area contributed by atoms with Crippen LogP contribution in [0.4, 0.5) is 0 Å². The summed E-state index contributed by atoms with van der Waals surface area (Å²) in [7, 11) is 0. The summed E-state index contributed by atoms with van der Waals surface area (Å²) in [5.41, 5.74) is 13.5. The summed E-state index contributed by atoms with van der Waals surface area (Å²) < 4.78 is 9.73. The van der Waals surface area contributed by atoms with Gasteiger partial charge in [0.2, 0.25) is 0 Å². The van der Waals surface area contributed by atoms with Gasteiger partial charge in [-0.3, -0.25) is 0 Å². The van der Waals surface area contributed by atoms with Crippen LogP contribution >= 0.6 is 0 Å². The molecule has 0 amide bonds. The number of hydrogen-bond acceptors (Lipinski definition) is 0. The highest BCUT2D eigenvalue weighted by atomic mass is 15.0. The minimum Gasteiger partial charge on any atom is -0.310 e. The van der Waals surface area contributed by atoms with Crippen LogP contribution in [0.1, 0.15) is 0 Å². The molecule has 0 N–H and O–H groups in total. The number of rotatable bonds is 4. The summed E-state index contributed by atoms with van der Waals surface area (Å²) in [5.74, 6) is 0. The lowest BCUT2D eigenvalue weighted by Gasteiger charge is -2.15. The summed E-state index contributed by atoms with van der Waals surface area (Å²) in [6.07, 6.45) is 0. The van der Waals surface area contributed by atoms with E-state index in [1.807, 2.05) is 0 Å². The molecular formula is C62H40N4. The highest BCUT2D eigenvalue weighted by Crippen LogP contribution is 2.39. The van der Waals surface area contributed by atoms with Crippen molar-refractivity contribution < 1.29 is 0 Å². The number of hydrogen-bond donors (Lipinski definition) is 0. The molecule has 0 spiro atoms. The van der Waals surface area contributed by atoms with E-state index in [1.54, 1.807) is 0 Å². The number of fused-ring (bicyclic) bond motifs is 12. The average molecular weight is 841 g/mol. The van der Waals surface area contributed by atoms with Crippen molar-refractivity contribution in [3.05, 3.63) is 243 Å². The molecule has 14 rings (SSSR count). The van der Waals surface area contributed by atoms with Gasteiger partial charge in [0, 0.05) is 66.1 Å². The standard InChI is InChI=1S/C62H40N4/c1-2-19-46(20-3-1)65-60-33-30-50-38-56(60)57-39-51(31-34-61(57)65)64(48-22-11-18-45(37-48)44-17-10-21-47(36-44)63(50)49-28-27-41-13-4-5-15-43(41)35-49)52-29-32-55-54-24-8-9-25-59(54)66(62(55)40-52)58-26-12-16-42-14-6-7-23-53(42)58/h1-40H. The van der Waals surface area contributed by atoms with E-state index < -0.39 is 0 Å². The van der Waals surface area contributed by atoms with Crippen molar-refractivity contribution in [2.45, 2.75) is 0 Å². The first-order valence-corrected chi connectivity index (χ1v) is 22.7. The zero-order valence-electron chi connectivity index (χ0n) is 35.9. The second-order valence-corrected chi connectivity index (χ2v) is 17.4. The molecule has 0 atom stereocenters. The second-order valence-electron chi connectivity index (χ2n) is 17.4. The Bertz CT molecular complexity index is 4340. The maximum atomic E-state index is 2.46. The zero-order valence-corrected chi connectivity index (χ0v) is 35.9. The highest BCUT2D eigenvalue weighted by molar-refractivity contribution is 6.13. The lowest BCUT2D eigenvalue weighted by atomic mass is 10.1. The van der Waals surface area contributed by atoms with Crippen LogP contribution < -0.4 is 0 Å². The van der Waals surface area contributed by atoms with E-state index in [1.165, 1.54) is 54.3 Å². The molecule has 308 valence electrons. The largest absolute Gasteiger partial charge is 0.310 e. The predicted octanol–water partition coefficient (Wildman–Crippen LogP) is 16.4. The molecule has 0 aliphatic carbocycles. The number of aromatic nitrogens is 4. The SMILES string of the molecule is c1ccc(-n2c3ccc4cc3c3cc(ccc32)n(-c2ccc3c5ccccc5n(-c5cccc6ccccc56)c3c2)c2cccc(c2)c2cccc(c2)n4-c2ccc3ccccc3c2)cc1. The van der Waals surface area contributed by atoms with Gasteiger partial charge in [0.1, 0.15) is 0 Å². The van der Waals surface area contributed by atoms with Crippen LogP contribution in [-0.4, -0.2) is 18.3 Å². The molecule has 8 bridgehead atoms. The first-order chi connectivity index (χ1) is 32.7. The molecule has 3 aromatic heterocycles. The van der Waals surface area contributed by atoms with Crippen molar-refractivity contribution in [2.24, 2.45) is 0 Å². The first-order valence-electron chi connectivity index (χ1n) is 22.7. The van der Waals surface area contributed by atoms with Gasteiger partial charge in [0.25, 0.3) is 0 Å². The molecule has 0 aliphatic heterocycles. The molecule has 0 saturated carbocycles. The Morgan fingerprint density at radius 1 is 0.197 bits per heavy atom. The smallest absolute Gasteiger partial charge is 0.0562 e. The molecule has 3 heterocycles. The summed E-state index contributed by atoms with van der Waals surface area (Å²) in [5, 5.41) is 12.0. The van der Waals surface area contributed by atoms with Crippen molar-refractivity contribution in [3.8, 4) is 22.7 Å². The first kappa shape index (κ1) is 36.6. The third-order valence-electron chi connectivity index (χ3n) is 13.7. The van der Waals surface area contributed by atoms with Crippen LogP contribution in [0.2, 0.25) is 0 Å². The Hall–Kier alpha value is -8.86. The van der Waals surface area contributed by atoms with Gasteiger partial charge < -0.3 is 18.3 Å². The zero-order chi connectivity index (χ0) is 43.3. The minimum atomic E-state index is 1.08. The van der Waals surface area contributed by atoms with Crippen LogP contribution in [0.5, 0.6) is 0 Å². The Morgan fingerprint density at radius 3 is 1.42 bits per heavy atom. The molecule has 4 nitrogen and oxygen atoms in total. The van der Waals surface area contributed by atoms with Gasteiger partial charge in [-0.05, 0) is 136 Å². The van der Waals surface area contributed by atoms with Gasteiger partial charge >= 0.3 is 0 Å². The summed E-state index contributed by atoms with van der Waals surface area (Å²) in [6, 6.07) is 89.4. The van der Waals surface area contributed by atoms with Gasteiger partial charge in [-0.15, -0.1) is 0 Å². The Kier molecular flexibility index (Phi) is 7.95. The van der Waals surface area contributed by atoms with E-state index in [2.05, 4.69) is 261 Å². The molecule has 0 saturated heterocycles. The molecule has 0 radical (unpaired) electrons. The summed E-state index contributed by atoms with van der Waals surface area (Å²) >= 11 is 0. The fourth-order valence-electron chi connectivity index (χ4n) is 10.8. The lowest BCUT2D eigenvalue weighted by molar-refractivity contribution is 1.15. The molecule has 4 heteroatoms. The van der Waals surface area contributed by atoms with Crippen molar-refractivity contribution >= 4 is 98.0 Å². The predicted molar refractivity (Wildman–Crippen MR) is 279 cm³/mol. The monoisotopic (exact) mass is 840 g/mol. The van der Waals surface area contributed by atoms with E-state index in [9.17, 15) is 0 Å². The van der Waals surface area contributed by atoms with Gasteiger partial charge in [-0.25, -0.2) is 0 Å². The topological polar surface area (TPSA) is 19.7 Å². The van der Waals surface area contributed by atoms with Crippen LogP contribution in [0.15, 0.2) is 243 Å². The molecule has 0 unspecified atom stereocenters. The van der Waals surface area contributed by atoms with E-state index in [0.29, 0.717) is 0 Å². The fraction of sp³-hybridized carbons (Fsp3) is 0. The van der Waals surface area contributed by atoms with E-state index >= 15 is 0 Å². The van der Waals surface area contributed by atoms with Gasteiger partial charge in [-0.1, -0.05) is 133 Å². The van der Waals surface area contributed by atoms with Crippen LogP contribution in [-0.2, 0) is 0 Å². The molecule has 14 aromatic rings. The highest BCUT2D eigenvalue weighted by Gasteiger charge is 2.18. The van der Waals surface area contributed by atoms with Crippen LogP contribution in [0.3, 0.4) is 0 Å². The Morgan fingerprint density at radius 2 is 0.697 bits per heavy atom. The van der Waals surface area contributed by atoms with E-state index in [4.69, 9.17) is 0 Å². The summed E-state index contributed by atoms with van der Waals surface area (Å²) in [4.78, 5) is 0. The van der Waals surface area contributed by atoms with Crippen LogP contribution in [0.25, 0.3) is 121 Å². The Labute approximate surface area is 380 Å². The van der Waals surface area contributed by atoms with E-state index in [-0.39, 0.29) is 0 Å². The minimum absolute atomic E-state index is 1.08. The molecule has 0 fully saturated rings. The quantitative estimate of drug-likeness (QED) is 0.168. The summed E-state index contributed by atoms with van der Waals surface area (Å²) in [6.45, 7) is 0. The van der Waals surface area contributed by atoms with Crippen molar-refractivity contribution in [1.29, 1.82) is 0 Å². The third-order valence-corrected chi connectivity index (χ3v) is 13.7. The molecule has 11 aromatic carbocycles. The fourth-order valence-corrected chi connectivity index (χ4v) is 10.8. The molecule has 0 aliphatic rings. The van der Waals surface area contributed by atoms with Crippen LogP contribution in [0, 0.1) is 0 Å². The van der Waals surface area contributed by atoms with E-state index in [0.717, 1.165) is 66.5 Å². The normalized spacial score (nSPS) is 11.9. The van der Waals surface area contributed by atoms with Crippen molar-refractivity contribution in [1.82, 2.24) is 18.3 Å². The molecule has 66 heavy (non-hydrogen) atoms. The number of nitrogens with zero attached hydrogens (tertiary/aromatic N) is 4. The van der Waals surface area contributed by atoms with Gasteiger partial charge in [0.05, 0.1) is 27.8 Å². The maximum absolute atomic E-state index is 2.46. The third kappa shape index (κ3) is 5.58. The maximum Gasteiger partial charge on any atom is 0.0562 e. The van der Waals surface area contributed by atoms with Crippen molar-refractivity contribution in [2.75, 3.05) is 0 Å². The van der Waals surface area contributed by atoms with Gasteiger partial charge in [-0.2, -0.15) is 0 Å².